The summed E-state index contributed by atoms with van der Waals surface area (Å²) in [7, 11) is 2.67. The Morgan fingerprint density at radius 1 is 1.03 bits per heavy atom. The van der Waals surface area contributed by atoms with Crippen molar-refractivity contribution in [3.63, 3.8) is 0 Å². The molecule has 0 unspecified atom stereocenters. The van der Waals surface area contributed by atoms with E-state index in [1.54, 1.807) is 37.3 Å². The lowest BCUT2D eigenvalue weighted by Crippen LogP contribution is -2.29. The maximum atomic E-state index is 13.5. The molecule has 4 rings (SSSR count). The van der Waals surface area contributed by atoms with Crippen LogP contribution in [-0.2, 0) is 17.7 Å². The van der Waals surface area contributed by atoms with Crippen molar-refractivity contribution in [2.24, 2.45) is 0 Å². The molecule has 1 aromatic heterocycles. The Morgan fingerprint density at radius 2 is 1.78 bits per heavy atom. The minimum atomic E-state index is -0.534. The molecule has 0 fully saturated rings. The molecule has 9 nitrogen and oxygen atoms in total. The van der Waals surface area contributed by atoms with Crippen LogP contribution in [0.25, 0.3) is 0 Å². The molecule has 0 saturated carbocycles. The number of aryl methyl sites for hydroxylation is 2. The first kappa shape index (κ1) is 24.8. The smallest absolute Gasteiger partial charge is 0.337 e. The molecule has 10 heteroatoms. The van der Waals surface area contributed by atoms with E-state index in [-0.39, 0.29) is 35.8 Å². The number of methoxy groups -OCH3 is 2. The third-order valence-corrected chi connectivity index (χ3v) is 5.98. The maximum absolute atomic E-state index is 13.5. The Kier molecular flexibility index (Phi) is 7.23. The molecular formula is C26H25FN4O5. The van der Waals surface area contributed by atoms with E-state index in [1.165, 1.54) is 26.4 Å². The van der Waals surface area contributed by atoms with Crippen molar-refractivity contribution in [1.29, 1.82) is 0 Å². The molecular weight excluding hydrogens is 467 g/mol. The van der Waals surface area contributed by atoms with E-state index in [4.69, 9.17) is 9.47 Å². The third-order valence-electron chi connectivity index (χ3n) is 5.98. The lowest BCUT2D eigenvalue weighted by molar-refractivity contribution is 0.0600. The molecule has 2 N–H and O–H groups in total. The monoisotopic (exact) mass is 492 g/mol. The highest BCUT2D eigenvalue weighted by Gasteiger charge is 2.26. The van der Waals surface area contributed by atoms with Crippen LogP contribution >= 0.6 is 0 Å². The minimum absolute atomic E-state index is 0.0238. The number of amides is 2. The summed E-state index contributed by atoms with van der Waals surface area (Å²) in [5.41, 5.74) is 3.44. The Morgan fingerprint density at radius 3 is 2.47 bits per heavy atom. The van der Waals surface area contributed by atoms with E-state index in [2.05, 4.69) is 20.6 Å². The van der Waals surface area contributed by atoms with Gasteiger partial charge in [-0.15, -0.1) is 0 Å². The number of hydrogen-bond acceptors (Lipinski definition) is 7. The van der Waals surface area contributed by atoms with Crippen molar-refractivity contribution < 1.29 is 28.2 Å². The van der Waals surface area contributed by atoms with Crippen LogP contribution in [0.5, 0.6) is 6.01 Å². The van der Waals surface area contributed by atoms with Crippen LogP contribution in [0, 0.1) is 12.7 Å². The summed E-state index contributed by atoms with van der Waals surface area (Å²) in [5.74, 6) is -1.77. The Balaban J connectivity index is 1.48. The van der Waals surface area contributed by atoms with Crippen molar-refractivity contribution in [3.05, 3.63) is 87.5 Å². The Bertz CT molecular complexity index is 1340. The fourth-order valence-corrected chi connectivity index (χ4v) is 4.08. The summed E-state index contributed by atoms with van der Waals surface area (Å²) < 4.78 is 23.3. The summed E-state index contributed by atoms with van der Waals surface area (Å²) in [5, 5.41) is 5.64. The van der Waals surface area contributed by atoms with Gasteiger partial charge in [-0.25, -0.2) is 9.18 Å². The Hall–Kier alpha value is -4.34. The molecule has 0 radical (unpaired) electrons. The van der Waals surface area contributed by atoms with Crippen molar-refractivity contribution in [3.8, 4) is 6.01 Å². The maximum Gasteiger partial charge on any atom is 0.337 e. The number of esters is 1. The van der Waals surface area contributed by atoms with Crippen LogP contribution in [0.1, 0.15) is 66.1 Å². The number of benzene rings is 2. The summed E-state index contributed by atoms with van der Waals surface area (Å²) in [6.45, 7) is 1.79. The fraction of sp³-hybridized carbons (Fsp3) is 0.269. The highest BCUT2D eigenvalue weighted by molar-refractivity contribution is 5.97. The second-order valence-electron chi connectivity index (χ2n) is 8.36. The number of nitrogens with one attached hydrogen (secondary N) is 2. The van der Waals surface area contributed by atoms with Gasteiger partial charge in [0, 0.05) is 12.6 Å². The largest absolute Gasteiger partial charge is 0.467 e. The number of aromatic nitrogens is 2. The first-order chi connectivity index (χ1) is 17.3. The molecule has 0 saturated heterocycles. The molecule has 2 aromatic carbocycles. The number of ether oxygens (including phenoxy) is 2. The number of carbonyl (C=O) groups is 3. The van der Waals surface area contributed by atoms with Gasteiger partial charge in [0.1, 0.15) is 17.2 Å². The topological polar surface area (TPSA) is 120 Å². The third kappa shape index (κ3) is 5.32. The molecule has 1 aliphatic rings. The number of carbonyl (C=O) groups excluding carboxylic acids is 3. The Labute approximate surface area is 207 Å². The quantitative estimate of drug-likeness (QED) is 0.487. The van der Waals surface area contributed by atoms with E-state index in [9.17, 15) is 18.8 Å². The highest BCUT2D eigenvalue weighted by atomic mass is 19.1. The average molecular weight is 493 g/mol. The molecule has 186 valence electrons. The second-order valence-corrected chi connectivity index (χ2v) is 8.36. The van der Waals surface area contributed by atoms with Gasteiger partial charge in [0.25, 0.3) is 11.8 Å². The van der Waals surface area contributed by atoms with Crippen LogP contribution in [0.2, 0.25) is 0 Å². The summed E-state index contributed by atoms with van der Waals surface area (Å²) in [6, 6.07) is 10.7. The van der Waals surface area contributed by atoms with Gasteiger partial charge in [-0.1, -0.05) is 18.2 Å². The molecule has 2 amide bonds. The molecule has 0 spiro atoms. The number of fused-ring (bicyclic) bond motifs is 1. The fourth-order valence-electron chi connectivity index (χ4n) is 4.08. The highest BCUT2D eigenvalue weighted by Crippen LogP contribution is 2.32. The zero-order valence-corrected chi connectivity index (χ0v) is 20.1. The first-order valence-corrected chi connectivity index (χ1v) is 11.3. The number of hydrogen-bond donors (Lipinski definition) is 2. The van der Waals surface area contributed by atoms with Gasteiger partial charge in [0.05, 0.1) is 25.8 Å². The summed E-state index contributed by atoms with van der Waals surface area (Å²) >= 11 is 0. The van der Waals surface area contributed by atoms with Crippen LogP contribution in [0.3, 0.4) is 0 Å². The van der Waals surface area contributed by atoms with Crippen molar-refractivity contribution in [2.45, 2.75) is 32.4 Å². The second kappa shape index (κ2) is 10.5. The normalized spacial score (nSPS) is 14.1. The van der Waals surface area contributed by atoms with Gasteiger partial charge in [-0.3, -0.25) is 9.59 Å². The van der Waals surface area contributed by atoms with Gasteiger partial charge < -0.3 is 20.1 Å². The van der Waals surface area contributed by atoms with Crippen molar-refractivity contribution in [2.75, 3.05) is 14.2 Å². The van der Waals surface area contributed by atoms with Gasteiger partial charge in [-0.05, 0) is 60.2 Å². The molecule has 3 aromatic rings. The molecule has 1 aliphatic carbocycles. The van der Waals surface area contributed by atoms with Gasteiger partial charge in [0.2, 0.25) is 0 Å². The van der Waals surface area contributed by atoms with Gasteiger partial charge in [0.15, 0.2) is 0 Å². The number of halogens is 1. The van der Waals surface area contributed by atoms with Crippen molar-refractivity contribution >= 4 is 17.8 Å². The van der Waals surface area contributed by atoms with E-state index < -0.39 is 17.8 Å². The van der Waals surface area contributed by atoms with Crippen LogP contribution < -0.4 is 15.4 Å². The van der Waals surface area contributed by atoms with Gasteiger partial charge in [-0.2, -0.15) is 9.97 Å². The molecule has 0 aliphatic heterocycles. The summed E-state index contributed by atoms with van der Waals surface area (Å²) in [6.07, 6.45) is 1.34. The SMILES string of the molecule is COC(=O)c1ccc2c(c1)CC[C@@H]2NC(=O)c1cc(C(=O)NCc2ccc(F)c(C)c2)nc(OC)n1. The number of rotatable bonds is 7. The predicted molar refractivity (Wildman–Crippen MR) is 127 cm³/mol. The minimum Gasteiger partial charge on any atom is -0.467 e. The van der Waals surface area contributed by atoms with Crippen LogP contribution in [0.4, 0.5) is 4.39 Å². The standard InChI is InChI=1S/C26H25FN4O5/c1-14-10-15(4-8-19(14)27)13-28-23(32)21-12-22(31-26(30-21)36-3)24(33)29-20-9-6-16-11-17(25(34)35-2)5-7-18(16)20/h4-5,7-8,10-12,20H,6,9,13H2,1-3H3,(H,28,32)(H,29,33)/t20-/m0/s1. The zero-order chi connectivity index (χ0) is 25.8. The van der Waals surface area contributed by atoms with E-state index in [1.807, 2.05) is 0 Å². The predicted octanol–water partition coefficient (Wildman–Crippen LogP) is 3.07. The first-order valence-electron chi connectivity index (χ1n) is 11.3. The van der Waals surface area contributed by atoms with Crippen molar-refractivity contribution in [1.82, 2.24) is 20.6 Å². The molecule has 36 heavy (non-hydrogen) atoms. The van der Waals surface area contributed by atoms with Crippen LogP contribution in [-0.4, -0.2) is 42.0 Å². The summed E-state index contributed by atoms with van der Waals surface area (Å²) in [4.78, 5) is 45.7. The van der Waals surface area contributed by atoms with E-state index >= 15 is 0 Å². The lowest BCUT2D eigenvalue weighted by Gasteiger charge is -2.15. The van der Waals surface area contributed by atoms with Crippen LogP contribution in [0.15, 0.2) is 42.5 Å². The lowest BCUT2D eigenvalue weighted by atomic mass is 10.0. The molecule has 0 bridgehead atoms. The average Bonchev–Trinajstić information content (AvgIpc) is 3.30. The van der Waals surface area contributed by atoms with Gasteiger partial charge >= 0.3 is 12.0 Å². The zero-order valence-electron chi connectivity index (χ0n) is 20.1. The molecule has 1 atom stereocenters. The van der Waals surface area contributed by atoms with E-state index in [0.717, 1.165) is 16.7 Å². The molecule has 1 heterocycles. The van der Waals surface area contributed by atoms with E-state index in [0.29, 0.717) is 24.0 Å². The number of nitrogens with zero attached hydrogens (tertiary/aromatic N) is 2.